The molecule has 0 aliphatic heterocycles. The smallest absolute Gasteiger partial charge is 0.416 e. The van der Waals surface area contributed by atoms with Crippen molar-refractivity contribution in [3.8, 4) is 5.75 Å². The first kappa shape index (κ1) is 14.6. The van der Waals surface area contributed by atoms with Crippen LogP contribution < -0.4 is 0 Å². The Bertz CT molecular complexity index is 467. The highest BCUT2D eigenvalue weighted by Gasteiger charge is 2.31. The second-order valence-corrected chi connectivity index (χ2v) is 4.71. The van der Waals surface area contributed by atoms with Gasteiger partial charge in [-0.05, 0) is 23.8 Å². The van der Waals surface area contributed by atoms with E-state index >= 15 is 0 Å². The minimum atomic E-state index is -4.49. The number of carbonyl (C=O) groups is 1. The van der Waals surface area contributed by atoms with Crippen molar-refractivity contribution in [1.82, 2.24) is 0 Å². The molecule has 18 heavy (non-hydrogen) atoms. The normalized spacial score (nSPS) is 12.0. The fourth-order valence-corrected chi connectivity index (χ4v) is 1.67. The van der Waals surface area contributed by atoms with Gasteiger partial charge >= 0.3 is 6.18 Å². The molecule has 1 N–H and O–H groups in total. The SMILES string of the molecule is CC(=O)SCC=Cc1cc(O)cc(C(F)(F)F)c1. The number of phenolic OH excluding ortho intramolecular Hbond substituents is 1. The molecule has 1 aromatic rings. The molecule has 0 fully saturated rings. The van der Waals surface area contributed by atoms with E-state index in [0.29, 0.717) is 11.8 Å². The standard InChI is InChI=1S/C12H11F3O2S/c1-8(16)18-4-2-3-9-5-10(12(13,14)15)7-11(17)6-9/h2-3,5-7,17H,4H2,1H3. The van der Waals surface area contributed by atoms with Gasteiger partial charge in [0.25, 0.3) is 0 Å². The van der Waals surface area contributed by atoms with Crippen LogP contribution in [0, 0.1) is 0 Å². The van der Waals surface area contributed by atoms with E-state index in [-0.39, 0.29) is 10.7 Å². The largest absolute Gasteiger partial charge is 0.508 e. The number of phenols is 1. The number of aromatic hydroxyl groups is 1. The number of alkyl halides is 3. The van der Waals surface area contributed by atoms with Crippen molar-refractivity contribution in [1.29, 1.82) is 0 Å². The topological polar surface area (TPSA) is 37.3 Å². The minimum absolute atomic E-state index is 0.0634. The molecule has 0 amide bonds. The summed E-state index contributed by atoms with van der Waals surface area (Å²) in [7, 11) is 0. The van der Waals surface area contributed by atoms with E-state index in [1.807, 2.05) is 0 Å². The summed E-state index contributed by atoms with van der Waals surface area (Å²) in [6, 6.07) is 2.83. The number of carbonyl (C=O) groups excluding carboxylic acids is 1. The molecule has 0 bridgehead atoms. The Morgan fingerprint density at radius 1 is 1.39 bits per heavy atom. The van der Waals surface area contributed by atoms with Crippen molar-refractivity contribution in [2.24, 2.45) is 0 Å². The van der Waals surface area contributed by atoms with Gasteiger partial charge in [-0.15, -0.1) is 0 Å². The summed E-state index contributed by atoms with van der Waals surface area (Å²) in [5.41, 5.74) is -0.659. The maximum atomic E-state index is 12.5. The molecule has 98 valence electrons. The molecule has 6 heteroatoms. The highest BCUT2D eigenvalue weighted by atomic mass is 32.2. The third kappa shape index (κ3) is 4.83. The van der Waals surface area contributed by atoms with Crippen molar-refractivity contribution in [3.63, 3.8) is 0 Å². The molecule has 1 aromatic carbocycles. The van der Waals surface area contributed by atoms with Crippen molar-refractivity contribution in [3.05, 3.63) is 35.4 Å². The van der Waals surface area contributed by atoms with Gasteiger partial charge in [-0.25, -0.2) is 0 Å². The maximum Gasteiger partial charge on any atom is 0.416 e. The minimum Gasteiger partial charge on any atom is -0.508 e. The summed E-state index contributed by atoms with van der Waals surface area (Å²) in [6.45, 7) is 1.41. The average Bonchev–Trinajstić information content (AvgIpc) is 2.22. The second-order valence-electron chi connectivity index (χ2n) is 3.52. The average molecular weight is 276 g/mol. The molecule has 0 unspecified atom stereocenters. The molecular formula is C12H11F3O2S. The second kappa shape index (κ2) is 5.95. The molecule has 0 atom stereocenters. The zero-order valence-corrected chi connectivity index (χ0v) is 10.3. The molecule has 0 saturated carbocycles. The molecule has 1 rings (SSSR count). The molecule has 0 radical (unpaired) electrons. The van der Waals surface area contributed by atoms with Crippen LogP contribution in [0.4, 0.5) is 13.2 Å². The van der Waals surface area contributed by atoms with E-state index < -0.39 is 17.5 Å². The van der Waals surface area contributed by atoms with Crippen LogP contribution in [0.15, 0.2) is 24.3 Å². The Hall–Kier alpha value is -1.43. The Morgan fingerprint density at radius 3 is 2.61 bits per heavy atom. The number of benzene rings is 1. The third-order valence-electron chi connectivity index (χ3n) is 1.96. The Balaban J connectivity index is 2.84. The van der Waals surface area contributed by atoms with Crippen LogP contribution in [0.1, 0.15) is 18.1 Å². The first-order chi connectivity index (χ1) is 8.29. The van der Waals surface area contributed by atoms with E-state index in [4.69, 9.17) is 0 Å². The predicted octanol–water partition coefficient (Wildman–Crippen LogP) is 3.70. The quantitative estimate of drug-likeness (QED) is 0.914. The molecule has 0 aliphatic carbocycles. The summed E-state index contributed by atoms with van der Waals surface area (Å²) in [5.74, 6) is -0.0597. The van der Waals surface area contributed by atoms with E-state index in [9.17, 15) is 23.1 Å². The van der Waals surface area contributed by atoms with Gasteiger partial charge in [0.15, 0.2) is 5.12 Å². The van der Waals surface area contributed by atoms with Gasteiger partial charge in [-0.1, -0.05) is 23.9 Å². The lowest BCUT2D eigenvalue weighted by Gasteiger charge is -2.08. The molecule has 2 nitrogen and oxygen atoms in total. The highest BCUT2D eigenvalue weighted by molar-refractivity contribution is 8.13. The lowest BCUT2D eigenvalue weighted by molar-refractivity contribution is -0.137. The van der Waals surface area contributed by atoms with E-state index in [2.05, 4.69) is 0 Å². The van der Waals surface area contributed by atoms with Gasteiger partial charge < -0.3 is 5.11 Å². The number of halogens is 3. The van der Waals surface area contributed by atoms with E-state index in [0.717, 1.165) is 17.8 Å². The molecule has 0 spiro atoms. The van der Waals surface area contributed by atoms with Crippen molar-refractivity contribution in [2.75, 3.05) is 5.75 Å². The zero-order valence-electron chi connectivity index (χ0n) is 9.49. The summed E-state index contributed by atoms with van der Waals surface area (Å²) in [6.07, 6.45) is -1.48. The molecule has 0 aromatic heterocycles. The maximum absolute atomic E-state index is 12.5. The van der Waals surface area contributed by atoms with E-state index in [1.54, 1.807) is 6.08 Å². The number of rotatable bonds is 3. The number of hydrogen-bond acceptors (Lipinski definition) is 3. The van der Waals surface area contributed by atoms with E-state index in [1.165, 1.54) is 19.1 Å². The van der Waals surface area contributed by atoms with Crippen LogP contribution in [0.25, 0.3) is 6.08 Å². The van der Waals surface area contributed by atoms with Gasteiger partial charge in [0.2, 0.25) is 0 Å². The molecule has 0 aliphatic rings. The van der Waals surface area contributed by atoms with Crippen molar-refractivity contribution in [2.45, 2.75) is 13.1 Å². The van der Waals surface area contributed by atoms with Crippen molar-refractivity contribution < 1.29 is 23.1 Å². The predicted molar refractivity (Wildman–Crippen MR) is 65.3 cm³/mol. The van der Waals surface area contributed by atoms with Crippen LogP contribution in [-0.4, -0.2) is 16.0 Å². The Morgan fingerprint density at radius 2 is 2.06 bits per heavy atom. The summed E-state index contributed by atoms with van der Waals surface area (Å²) in [5, 5.41) is 9.15. The first-order valence-corrected chi connectivity index (χ1v) is 5.99. The van der Waals surface area contributed by atoms with Crippen LogP contribution in [0.5, 0.6) is 5.75 Å². The summed E-state index contributed by atoms with van der Waals surface area (Å²) >= 11 is 1.05. The fourth-order valence-electron chi connectivity index (χ4n) is 1.24. The Labute approximate surface area is 107 Å². The molecular weight excluding hydrogens is 265 g/mol. The summed E-state index contributed by atoms with van der Waals surface area (Å²) in [4.78, 5) is 10.6. The first-order valence-electron chi connectivity index (χ1n) is 5.00. The summed E-state index contributed by atoms with van der Waals surface area (Å²) < 4.78 is 37.4. The van der Waals surface area contributed by atoms with Crippen LogP contribution in [-0.2, 0) is 11.0 Å². The highest BCUT2D eigenvalue weighted by Crippen LogP contribution is 2.32. The van der Waals surface area contributed by atoms with Gasteiger partial charge in [0.05, 0.1) is 5.56 Å². The van der Waals surface area contributed by atoms with Crippen LogP contribution >= 0.6 is 11.8 Å². The number of thioether (sulfide) groups is 1. The fraction of sp³-hybridized carbons (Fsp3) is 0.250. The van der Waals surface area contributed by atoms with Gasteiger partial charge in [0, 0.05) is 12.7 Å². The number of hydrogen-bond donors (Lipinski definition) is 1. The molecule has 0 saturated heterocycles. The zero-order chi connectivity index (χ0) is 13.8. The van der Waals surface area contributed by atoms with Gasteiger partial charge in [-0.2, -0.15) is 13.2 Å². The van der Waals surface area contributed by atoms with Crippen molar-refractivity contribution >= 4 is 23.0 Å². The van der Waals surface area contributed by atoms with Crippen LogP contribution in [0.2, 0.25) is 0 Å². The lowest BCUT2D eigenvalue weighted by Crippen LogP contribution is -2.04. The third-order valence-corrected chi connectivity index (χ3v) is 2.73. The lowest BCUT2D eigenvalue weighted by atomic mass is 10.1. The van der Waals surface area contributed by atoms with Gasteiger partial charge in [-0.3, -0.25) is 4.79 Å². The van der Waals surface area contributed by atoms with Crippen LogP contribution in [0.3, 0.4) is 0 Å². The Kier molecular flexibility index (Phi) is 4.84. The van der Waals surface area contributed by atoms with Gasteiger partial charge in [0.1, 0.15) is 5.75 Å². The monoisotopic (exact) mass is 276 g/mol. The molecule has 0 heterocycles.